The summed E-state index contributed by atoms with van der Waals surface area (Å²) in [5.41, 5.74) is 1.66. The smallest absolute Gasteiger partial charge is 0.216 e. The Labute approximate surface area is 203 Å². The minimum absolute atomic E-state index is 0.00142. The van der Waals surface area contributed by atoms with Gasteiger partial charge in [0.15, 0.2) is 11.6 Å². The van der Waals surface area contributed by atoms with Crippen molar-refractivity contribution in [3.63, 3.8) is 0 Å². The van der Waals surface area contributed by atoms with E-state index in [2.05, 4.69) is 30.4 Å². The van der Waals surface area contributed by atoms with Gasteiger partial charge in [-0.3, -0.25) is 0 Å². The summed E-state index contributed by atoms with van der Waals surface area (Å²) in [6.45, 7) is 0. The molecule has 1 aromatic carbocycles. The third-order valence-electron chi connectivity index (χ3n) is 7.39. The Morgan fingerprint density at radius 1 is 1.00 bits per heavy atom. The van der Waals surface area contributed by atoms with Crippen molar-refractivity contribution in [2.75, 3.05) is 12.0 Å². The Kier molecular flexibility index (Phi) is 5.72. The van der Waals surface area contributed by atoms with E-state index in [0.29, 0.717) is 46.7 Å². The molecule has 3 aromatic rings. The number of methoxy groups -OCH3 is 1. The summed E-state index contributed by atoms with van der Waals surface area (Å²) in [6.07, 6.45) is 10.3. The van der Waals surface area contributed by atoms with Crippen molar-refractivity contribution < 1.29 is 14.2 Å². The Morgan fingerprint density at radius 3 is 2.46 bits per heavy atom. The fraction of sp³-hybridized carbons (Fsp3) is 0.462. The number of anilines is 1. The monoisotopic (exact) mass is 476 g/mol. The van der Waals surface area contributed by atoms with Gasteiger partial charge in [-0.2, -0.15) is 9.37 Å². The third-order valence-corrected chi connectivity index (χ3v) is 7.39. The minimum atomic E-state index is -0.649. The molecule has 35 heavy (non-hydrogen) atoms. The van der Waals surface area contributed by atoms with E-state index >= 15 is 0 Å². The van der Waals surface area contributed by atoms with E-state index in [1.807, 2.05) is 0 Å². The van der Waals surface area contributed by atoms with Crippen LogP contribution in [-0.2, 0) is 0 Å². The highest BCUT2D eigenvalue weighted by atomic mass is 19.1. The maximum atomic E-state index is 13.8. The number of benzene rings is 1. The summed E-state index contributed by atoms with van der Waals surface area (Å²) in [5.74, 6) is 0.692. The van der Waals surface area contributed by atoms with E-state index in [4.69, 9.17) is 4.74 Å². The number of aromatic nitrogens is 4. The molecule has 3 aliphatic rings. The van der Waals surface area contributed by atoms with Crippen LogP contribution in [0.25, 0.3) is 22.5 Å². The van der Waals surface area contributed by atoms with E-state index in [1.165, 1.54) is 45.3 Å². The number of ether oxygens (including phenoxy) is 1. The largest absolute Gasteiger partial charge is 0.507 e. The number of nitrogens with zero attached hydrogens (tertiary/aromatic N) is 5. The van der Waals surface area contributed by atoms with E-state index in [0.717, 1.165) is 18.7 Å². The van der Waals surface area contributed by atoms with Crippen molar-refractivity contribution >= 4 is 5.82 Å². The van der Waals surface area contributed by atoms with Gasteiger partial charge in [0.05, 0.1) is 18.9 Å². The van der Waals surface area contributed by atoms with Gasteiger partial charge in [-0.1, -0.05) is 12.5 Å². The molecule has 8 nitrogen and oxygen atoms in total. The van der Waals surface area contributed by atoms with Gasteiger partial charge in [0, 0.05) is 36.3 Å². The summed E-state index contributed by atoms with van der Waals surface area (Å²) >= 11 is 0. The first-order valence-corrected chi connectivity index (χ1v) is 12.4. The summed E-state index contributed by atoms with van der Waals surface area (Å²) in [4.78, 5) is 10.7. The second-order valence-electron chi connectivity index (χ2n) is 9.85. The van der Waals surface area contributed by atoms with Gasteiger partial charge < -0.3 is 20.1 Å². The molecule has 0 unspecified atom stereocenters. The minimum Gasteiger partial charge on any atom is -0.507 e. The summed E-state index contributed by atoms with van der Waals surface area (Å²) in [5, 5.41) is 23.4. The number of halogens is 1. The molecule has 2 bridgehead atoms. The van der Waals surface area contributed by atoms with Gasteiger partial charge in [0.1, 0.15) is 5.75 Å². The molecule has 2 aliphatic heterocycles. The first-order chi connectivity index (χ1) is 17.1. The highest BCUT2D eigenvalue weighted by Crippen LogP contribution is 2.38. The first kappa shape index (κ1) is 22.2. The molecule has 0 amide bonds. The number of pyridine rings is 1. The van der Waals surface area contributed by atoms with Crippen molar-refractivity contribution in [3.05, 3.63) is 42.5 Å². The fourth-order valence-electron chi connectivity index (χ4n) is 5.64. The second kappa shape index (κ2) is 9.03. The zero-order chi connectivity index (χ0) is 23.9. The van der Waals surface area contributed by atoms with Crippen LogP contribution < -0.4 is 15.0 Å². The van der Waals surface area contributed by atoms with Gasteiger partial charge in [-0.05, 0) is 61.8 Å². The maximum absolute atomic E-state index is 13.8. The standard InChI is InChI=1S/C26H29FN6O2/c1-35-25-11-16(10-23(27)30-25)15-5-8-21(22(34)9-15)26-28-14-24(31-32-26)33(19-6-7-19)20-12-17-3-2-4-18(13-20)29-17/h5,8-11,14,17-20,29,34H,2-4,6-7,12-13H2,1H3/t17-,18+,20-. The molecular weight excluding hydrogens is 447 g/mol. The summed E-state index contributed by atoms with van der Waals surface area (Å²) in [6, 6.07) is 10.2. The number of phenols is 1. The lowest BCUT2D eigenvalue weighted by atomic mass is 9.83. The Morgan fingerprint density at radius 2 is 1.80 bits per heavy atom. The predicted octanol–water partition coefficient (Wildman–Crippen LogP) is 4.10. The van der Waals surface area contributed by atoms with Crippen molar-refractivity contribution in [2.24, 2.45) is 0 Å². The number of rotatable bonds is 6. The molecule has 6 rings (SSSR count). The lowest BCUT2D eigenvalue weighted by molar-refractivity contribution is 0.215. The first-order valence-electron chi connectivity index (χ1n) is 12.4. The Hall–Kier alpha value is -3.33. The SMILES string of the molecule is COc1cc(-c2ccc(-c3ncc(N(C4CC4)[C@@H]4C[C@H]5CCC[C@@H](C4)N5)nn3)c(O)c2)cc(F)n1. The molecule has 0 spiro atoms. The zero-order valence-corrected chi connectivity index (χ0v) is 19.7. The molecule has 1 saturated carbocycles. The van der Waals surface area contributed by atoms with Crippen LogP contribution in [-0.4, -0.2) is 56.5 Å². The number of piperidine rings is 2. The van der Waals surface area contributed by atoms with Crippen LogP contribution in [0.3, 0.4) is 0 Å². The van der Waals surface area contributed by atoms with Crippen LogP contribution in [0.4, 0.5) is 10.2 Å². The average Bonchev–Trinajstić information content (AvgIpc) is 3.69. The molecule has 2 saturated heterocycles. The van der Waals surface area contributed by atoms with E-state index in [-0.39, 0.29) is 11.6 Å². The molecular formula is C26H29FN6O2. The number of phenolic OH excluding ortho intramolecular Hbond substituents is 1. The fourth-order valence-corrected chi connectivity index (χ4v) is 5.64. The van der Waals surface area contributed by atoms with Crippen molar-refractivity contribution in [2.45, 2.75) is 69.1 Å². The Bertz CT molecular complexity index is 1210. The van der Waals surface area contributed by atoms with Crippen molar-refractivity contribution in [1.82, 2.24) is 25.5 Å². The lowest BCUT2D eigenvalue weighted by Gasteiger charge is -2.45. The maximum Gasteiger partial charge on any atom is 0.216 e. The number of aromatic hydroxyl groups is 1. The van der Waals surface area contributed by atoms with Gasteiger partial charge in [-0.15, -0.1) is 10.2 Å². The molecule has 2 N–H and O–H groups in total. The molecule has 3 atom stereocenters. The molecule has 1 aliphatic carbocycles. The molecule has 3 fully saturated rings. The highest BCUT2D eigenvalue weighted by molar-refractivity contribution is 5.73. The molecule has 9 heteroatoms. The number of hydrogen-bond donors (Lipinski definition) is 2. The molecule has 0 radical (unpaired) electrons. The molecule has 182 valence electrons. The molecule has 2 aromatic heterocycles. The zero-order valence-electron chi connectivity index (χ0n) is 19.7. The van der Waals surface area contributed by atoms with Gasteiger partial charge >= 0.3 is 0 Å². The van der Waals surface area contributed by atoms with Crippen LogP contribution in [0.15, 0.2) is 36.5 Å². The van der Waals surface area contributed by atoms with Gasteiger partial charge in [-0.25, -0.2) is 4.98 Å². The third kappa shape index (κ3) is 4.52. The Balaban J connectivity index is 1.24. The van der Waals surface area contributed by atoms with Gasteiger partial charge in [0.25, 0.3) is 0 Å². The summed E-state index contributed by atoms with van der Waals surface area (Å²) < 4.78 is 18.9. The topological polar surface area (TPSA) is 96.3 Å². The van der Waals surface area contributed by atoms with Crippen LogP contribution >= 0.6 is 0 Å². The average molecular weight is 477 g/mol. The number of nitrogens with one attached hydrogen (secondary N) is 1. The van der Waals surface area contributed by atoms with Gasteiger partial charge in [0.2, 0.25) is 11.8 Å². The van der Waals surface area contributed by atoms with E-state index in [9.17, 15) is 9.50 Å². The van der Waals surface area contributed by atoms with E-state index < -0.39 is 5.95 Å². The van der Waals surface area contributed by atoms with Crippen molar-refractivity contribution in [1.29, 1.82) is 0 Å². The quantitative estimate of drug-likeness (QED) is 0.514. The summed E-state index contributed by atoms with van der Waals surface area (Å²) in [7, 11) is 1.43. The number of hydrogen-bond acceptors (Lipinski definition) is 8. The molecule has 4 heterocycles. The van der Waals surface area contributed by atoms with Crippen molar-refractivity contribution in [3.8, 4) is 34.1 Å². The highest BCUT2D eigenvalue weighted by Gasteiger charge is 2.40. The lowest BCUT2D eigenvalue weighted by Crippen LogP contribution is -2.55. The normalized spacial score (nSPS) is 23.7. The van der Waals surface area contributed by atoms with Crippen LogP contribution in [0, 0.1) is 5.95 Å². The van der Waals surface area contributed by atoms with Crippen LogP contribution in [0.5, 0.6) is 11.6 Å². The van der Waals surface area contributed by atoms with Crippen LogP contribution in [0.2, 0.25) is 0 Å². The second-order valence-corrected chi connectivity index (χ2v) is 9.85. The number of fused-ring (bicyclic) bond motifs is 2. The van der Waals surface area contributed by atoms with Crippen LogP contribution in [0.1, 0.15) is 44.9 Å². The van der Waals surface area contributed by atoms with E-state index in [1.54, 1.807) is 30.5 Å². The predicted molar refractivity (Wildman–Crippen MR) is 130 cm³/mol.